The van der Waals surface area contributed by atoms with Gasteiger partial charge in [0.2, 0.25) is 0 Å². The highest BCUT2D eigenvalue weighted by Gasteiger charge is 2.38. The zero-order valence-electron chi connectivity index (χ0n) is 18.9. The number of aromatic carboxylic acids is 1. The van der Waals surface area contributed by atoms with Gasteiger partial charge in [0, 0.05) is 18.8 Å². The first kappa shape index (κ1) is 27.8. The Morgan fingerprint density at radius 2 is 1.47 bits per heavy atom. The highest BCUT2D eigenvalue weighted by molar-refractivity contribution is 6.05. The van der Waals surface area contributed by atoms with Crippen LogP contribution in [-0.2, 0) is 11.3 Å². The number of nitrogens with zero attached hydrogens (tertiary/aromatic N) is 1. The van der Waals surface area contributed by atoms with Gasteiger partial charge in [-0.3, -0.25) is 4.79 Å². The number of carbonyl (C=O) groups excluding carboxylic acids is 1. The Morgan fingerprint density at radius 3 is 2.00 bits per heavy atom. The van der Waals surface area contributed by atoms with Crippen molar-refractivity contribution >= 4 is 29.2 Å². The van der Waals surface area contributed by atoms with E-state index in [2.05, 4.69) is 5.32 Å². The fourth-order valence-electron chi connectivity index (χ4n) is 3.08. The third-order valence-corrected chi connectivity index (χ3v) is 4.78. The van der Waals surface area contributed by atoms with Gasteiger partial charge < -0.3 is 20.4 Å². The van der Waals surface area contributed by atoms with Crippen molar-refractivity contribution in [3.05, 3.63) is 95.3 Å². The van der Waals surface area contributed by atoms with Crippen molar-refractivity contribution in [2.75, 3.05) is 16.8 Å². The van der Waals surface area contributed by atoms with E-state index in [1.54, 1.807) is 18.2 Å². The lowest BCUT2D eigenvalue weighted by Crippen LogP contribution is -2.24. The van der Waals surface area contributed by atoms with Gasteiger partial charge in [-0.25, -0.2) is 14.0 Å². The lowest BCUT2D eigenvalue weighted by atomic mass is 10.1. The highest BCUT2D eigenvalue weighted by Crippen LogP contribution is 2.26. The number of hydrogen-bond acceptors (Lipinski definition) is 4. The van der Waals surface area contributed by atoms with Crippen LogP contribution in [0.25, 0.3) is 0 Å². The highest BCUT2D eigenvalue weighted by atomic mass is 19.4. The predicted molar refractivity (Wildman–Crippen MR) is 125 cm³/mol. The average Bonchev–Trinajstić information content (AvgIpc) is 2.83. The molecule has 0 atom stereocenters. The summed E-state index contributed by atoms with van der Waals surface area (Å²) >= 11 is 0. The number of carboxylic acid groups (broad SMARTS) is 2. The van der Waals surface area contributed by atoms with Gasteiger partial charge in [-0.05, 0) is 42.8 Å². The molecule has 3 N–H and O–H groups in total. The van der Waals surface area contributed by atoms with Crippen molar-refractivity contribution in [1.29, 1.82) is 0 Å². The molecule has 190 valence electrons. The number of alkyl halides is 3. The smallest absolute Gasteiger partial charge is 0.478 e. The number of nitrogens with one attached hydrogen (secondary N) is 1. The zero-order valence-corrected chi connectivity index (χ0v) is 18.9. The SMILES string of the molecule is CCN(Cc1ccccc1)c1ccc(NC(=O)c2ccccc2F)cc1C(=O)O.O=C(O)C(F)(F)F. The maximum absolute atomic E-state index is 13.8. The minimum absolute atomic E-state index is 0.0640. The van der Waals surface area contributed by atoms with E-state index in [1.807, 2.05) is 42.2 Å². The van der Waals surface area contributed by atoms with Crippen molar-refractivity contribution in [2.45, 2.75) is 19.6 Å². The van der Waals surface area contributed by atoms with E-state index in [4.69, 9.17) is 9.90 Å². The Labute approximate surface area is 203 Å². The standard InChI is InChI=1S/C23H21FN2O3.C2HF3O2/c1-2-26(15-16-8-4-3-5-9-16)21-13-12-17(14-19(21)23(28)29)25-22(27)18-10-6-7-11-20(18)24;3-2(4,5)1(6)7/h3-14H,2,15H2,1H3,(H,25,27)(H,28,29);(H,6,7). The Bertz CT molecular complexity index is 1220. The molecule has 3 aromatic carbocycles. The van der Waals surface area contributed by atoms with E-state index < -0.39 is 29.8 Å². The molecule has 0 saturated carbocycles. The molecule has 0 aliphatic carbocycles. The molecular weight excluding hydrogens is 484 g/mol. The third-order valence-electron chi connectivity index (χ3n) is 4.78. The summed E-state index contributed by atoms with van der Waals surface area (Å²) in [4.78, 5) is 35.0. The van der Waals surface area contributed by atoms with Crippen LogP contribution in [0, 0.1) is 5.82 Å². The number of anilines is 2. The summed E-state index contributed by atoms with van der Waals surface area (Å²) in [5.41, 5.74) is 1.85. The largest absolute Gasteiger partial charge is 0.490 e. The zero-order chi connectivity index (χ0) is 26.9. The lowest BCUT2D eigenvalue weighted by molar-refractivity contribution is -0.192. The van der Waals surface area contributed by atoms with Crippen LogP contribution in [0.1, 0.15) is 33.2 Å². The Morgan fingerprint density at radius 1 is 0.889 bits per heavy atom. The van der Waals surface area contributed by atoms with Gasteiger partial charge >= 0.3 is 18.1 Å². The summed E-state index contributed by atoms with van der Waals surface area (Å²) in [7, 11) is 0. The van der Waals surface area contributed by atoms with Gasteiger partial charge in [0.1, 0.15) is 5.82 Å². The molecule has 0 bridgehead atoms. The van der Waals surface area contributed by atoms with Gasteiger partial charge in [-0.2, -0.15) is 13.2 Å². The summed E-state index contributed by atoms with van der Waals surface area (Å²) < 4.78 is 45.5. The number of benzene rings is 3. The van der Waals surface area contributed by atoms with Gasteiger partial charge in [0.05, 0.1) is 16.8 Å². The van der Waals surface area contributed by atoms with Crippen LogP contribution in [0.5, 0.6) is 0 Å². The van der Waals surface area contributed by atoms with Crippen LogP contribution < -0.4 is 10.2 Å². The van der Waals surface area contributed by atoms with Crippen molar-refractivity contribution in [3.63, 3.8) is 0 Å². The Kier molecular flexibility index (Phi) is 9.54. The number of hydrogen-bond donors (Lipinski definition) is 3. The topological polar surface area (TPSA) is 107 Å². The molecule has 0 saturated heterocycles. The molecule has 3 aromatic rings. The van der Waals surface area contributed by atoms with Crippen LogP contribution in [0.3, 0.4) is 0 Å². The van der Waals surface area contributed by atoms with Crippen molar-refractivity contribution in [3.8, 4) is 0 Å². The van der Waals surface area contributed by atoms with Crippen LogP contribution >= 0.6 is 0 Å². The van der Waals surface area contributed by atoms with Gasteiger partial charge in [-0.1, -0.05) is 42.5 Å². The molecule has 0 unspecified atom stereocenters. The molecule has 0 aliphatic rings. The summed E-state index contributed by atoms with van der Waals surface area (Å²) in [6.07, 6.45) is -5.08. The van der Waals surface area contributed by atoms with Crippen LogP contribution in [0.2, 0.25) is 0 Å². The lowest BCUT2D eigenvalue weighted by Gasteiger charge is -2.25. The van der Waals surface area contributed by atoms with E-state index >= 15 is 0 Å². The van der Waals surface area contributed by atoms with E-state index in [0.29, 0.717) is 18.8 Å². The molecule has 0 aromatic heterocycles. The summed E-state index contributed by atoms with van der Waals surface area (Å²) in [5, 5.41) is 19.4. The number of halogens is 4. The number of carbonyl (C=O) groups is 3. The monoisotopic (exact) mass is 506 g/mol. The fourth-order valence-corrected chi connectivity index (χ4v) is 3.08. The maximum atomic E-state index is 13.8. The molecule has 0 radical (unpaired) electrons. The summed E-state index contributed by atoms with van der Waals surface area (Å²) in [5.74, 6) is -5.13. The molecule has 0 fully saturated rings. The second-order valence-electron chi connectivity index (χ2n) is 7.27. The van der Waals surface area contributed by atoms with Crippen molar-refractivity contribution in [2.24, 2.45) is 0 Å². The second kappa shape index (κ2) is 12.3. The first-order valence-corrected chi connectivity index (χ1v) is 10.5. The predicted octanol–water partition coefficient (Wildman–Crippen LogP) is 5.44. The second-order valence-corrected chi connectivity index (χ2v) is 7.27. The molecular formula is C25H22F4N2O5. The van der Waals surface area contributed by atoms with Crippen molar-refractivity contribution in [1.82, 2.24) is 0 Å². The average molecular weight is 506 g/mol. The summed E-state index contributed by atoms with van der Waals surface area (Å²) in [6.45, 7) is 3.11. The summed E-state index contributed by atoms with van der Waals surface area (Å²) in [6, 6.07) is 20.0. The van der Waals surface area contributed by atoms with E-state index in [1.165, 1.54) is 24.3 Å². The first-order valence-electron chi connectivity index (χ1n) is 10.5. The number of rotatable bonds is 7. The molecule has 3 rings (SSSR count). The third kappa shape index (κ3) is 7.83. The van der Waals surface area contributed by atoms with Crippen LogP contribution in [0.4, 0.5) is 28.9 Å². The molecule has 0 heterocycles. The van der Waals surface area contributed by atoms with Crippen molar-refractivity contribution < 1.29 is 42.2 Å². The van der Waals surface area contributed by atoms with Crippen LogP contribution in [0.15, 0.2) is 72.8 Å². The number of aliphatic carboxylic acids is 1. The van der Waals surface area contributed by atoms with E-state index in [-0.39, 0.29) is 16.8 Å². The molecule has 36 heavy (non-hydrogen) atoms. The van der Waals surface area contributed by atoms with E-state index in [0.717, 1.165) is 5.56 Å². The minimum atomic E-state index is -5.08. The molecule has 0 spiro atoms. The number of amides is 1. The Hall–Kier alpha value is -4.41. The molecule has 11 heteroatoms. The normalized spacial score (nSPS) is 10.6. The Balaban J connectivity index is 0.000000572. The molecule has 0 aliphatic heterocycles. The molecule has 1 amide bonds. The van der Waals surface area contributed by atoms with Gasteiger partial charge in [0.25, 0.3) is 5.91 Å². The first-order chi connectivity index (χ1) is 16.9. The van der Waals surface area contributed by atoms with Gasteiger partial charge in [0.15, 0.2) is 0 Å². The number of carboxylic acids is 2. The quantitative estimate of drug-likeness (QED) is 0.369. The van der Waals surface area contributed by atoms with E-state index in [9.17, 15) is 32.3 Å². The van der Waals surface area contributed by atoms with Crippen LogP contribution in [-0.4, -0.2) is 40.8 Å². The minimum Gasteiger partial charge on any atom is -0.478 e. The molecule has 7 nitrogen and oxygen atoms in total. The van der Waals surface area contributed by atoms with Gasteiger partial charge in [-0.15, -0.1) is 0 Å². The fraction of sp³-hybridized carbons (Fsp3) is 0.160. The maximum Gasteiger partial charge on any atom is 0.490 e.